The number of carbonyl (C=O) groups is 1. The molecule has 0 unspecified atom stereocenters. The van der Waals surface area contributed by atoms with E-state index in [9.17, 15) is 13.6 Å². The number of carbonyl (C=O) groups excluding carboxylic acids is 1. The molecule has 0 radical (unpaired) electrons. The van der Waals surface area contributed by atoms with Crippen LogP contribution in [0.4, 0.5) is 8.78 Å². The second-order valence-corrected chi connectivity index (χ2v) is 6.53. The quantitative estimate of drug-likeness (QED) is 0.601. The van der Waals surface area contributed by atoms with E-state index in [1.165, 1.54) is 30.3 Å². The van der Waals surface area contributed by atoms with E-state index in [4.69, 9.17) is 4.52 Å². The minimum Gasteiger partial charge on any atom is -0.339 e. The number of hydrogen-bond donors (Lipinski definition) is 0. The maximum Gasteiger partial charge on any atom is 0.254 e. The van der Waals surface area contributed by atoms with E-state index >= 15 is 0 Å². The highest BCUT2D eigenvalue weighted by Crippen LogP contribution is 2.17. The summed E-state index contributed by atoms with van der Waals surface area (Å²) < 4.78 is 31.8. The van der Waals surface area contributed by atoms with Crippen molar-refractivity contribution in [1.82, 2.24) is 15.0 Å². The molecule has 5 nitrogen and oxygen atoms in total. The molecule has 3 rings (SSSR count). The van der Waals surface area contributed by atoms with Gasteiger partial charge in [-0.05, 0) is 55.8 Å². The average molecular weight is 385 g/mol. The highest BCUT2D eigenvalue weighted by Gasteiger charge is 2.22. The lowest BCUT2D eigenvalue weighted by molar-refractivity contribution is 0.0686. The average Bonchev–Trinajstić information content (AvgIpc) is 3.17. The molecule has 1 heterocycles. The molecule has 0 aliphatic heterocycles. The first-order chi connectivity index (χ1) is 13.5. The van der Waals surface area contributed by atoms with Gasteiger partial charge in [-0.2, -0.15) is 4.98 Å². The Morgan fingerprint density at radius 1 is 1.14 bits per heavy atom. The smallest absolute Gasteiger partial charge is 0.254 e. The molecule has 1 aromatic heterocycles. The molecule has 1 amide bonds. The van der Waals surface area contributed by atoms with Gasteiger partial charge in [-0.1, -0.05) is 18.1 Å². The molecule has 0 aliphatic carbocycles. The molecule has 1 atom stereocenters. The van der Waals surface area contributed by atoms with Gasteiger partial charge in [-0.3, -0.25) is 4.79 Å². The SMILES string of the molecule is CC[C@@H](C)N(CCc1nc(-c2ccc(F)cc2)no1)C(=O)c1cccc(F)c1. The Labute approximate surface area is 162 Å². The maximum atomic E-state index is 13.5. The molecule has 0 saturated carbocycles. The van der Waals surface area contributed by atoms with Crippen LogP contribution in [0.5, 0.6) is 0 Å². The lowest BCUT2D eigenvalue weighted by Gasteiger charge is -2.28. The van der Waals surface area contributed by atoms with E-state index in [0.717, 1.165) is 6.42 Å². The van der Waals surface area contributed by atoms with Crippen molar-refractivity contribution < 1.29 is 18.1 Å². The lowest BCUT2D eigenvalue weighted by Crippen LogP contribution is -2.39. The van der Waals surface area contributed by atoms with Gasteiger partial charge in [-0.25, -0.2) is 8.78 Å². The summed E-state index contributed by atoms with van der Waals surface area (Å²) in [7, 11) is 0. The van der Waals surface area contributed by atoms with Crippen LogP contribution in [0.2, 0.25) is 0 Å². The van der Waals surface area contributed by atoms with Gasteiger partial charge in [0.25, 0.3) is 5.91 Å². The maximum absolute atomic E-state index is 13.5. The van der Waals surface area contributed by atoms with Gasteiger partial charge in [0, 0.05) is 30.1 Å². The Morgan fingerprint density at radius 2 is 1.89 bits per heavy atom. The fraction of sp³-hybridized carbons (Fsp3) is 0.286. The van der Waals surface area contributed by atoms with Crippen molar-refractivity contribution in [3.05, 3.63) is 71.6 Å². The van der Waals surface area contributed by atoms with Crippen molar-refractivity contribution in [3.8, 4) is 11.4 Å². The first-order valence-electron chi connectivity index (χ1n) is 9.13. The largest absolute Gasteiger partial charge is 0.339 e. The number of aromatic nitrogens is 2. The van der Waals surface area contributed by atoms with Gasteiger partial charge in [0.2, 0.25) is 11.7 Å². The van der Waals surface area contributed by atoms with Gasteiger partial charge in [0.15, 0.2) is 0 Å². The molecule has 0 bridgehead atoms. The lowest BCUT2D eigenvalue weighted by atomic mass is 10.1. The van der Waals surface area contributed by atoms with Gasteiger partial charge in [0.1, 0.15) is 11.6 Å². The molecule has 3 aromatic rings. The molecule has 28 heavy (non-hydrogen) atoms. The van der Waals surface area contributed by atoms with Crippen LogP contribution in [-0.2, 0) is 6.42 Å². The minimum absolute atomic E-state index is 0.0322. The molecule has 7 heteroatoms. The van der Waals surface area contributed by atoms with E-state index in [1.807, 2.05) is 13.8 Å². The van der Waals surface area contributed by atoms with E-state index < -0.39 is 5.82 Å². The van der Waals surface area contributed by atoms with Crippen LogP contribution in [0.15, 0.2) is 53.1 Å². The third-order valence-corrected chi connectivity index (χ3v) is 4.59. The van der Waals surface area contributed by atoms with Gasteiger partial charge in [0.05, 0.1) is 0 Å². The standard InChI is InChI=1S/C21H21F2N3O2/c1-3-14(2)26(21(27)16-5-4-6-18(23)13-16)12-11-19-24-20(25-28-19)15-7-9-17(22)10-8-15/h4-10,13-14H,3,11-12H2,1-2H3/t14-/m1/s1. The third-order valence-electron chi connectivity index (χ3n) is 4.59. The first-order valence-corrected chi connectivity index (χ1v) is 9.13. The summed E-state index contributed by atoms with van der Waals surface area (Å²) in [5.74, 6) is -0.295. The van der Waals surface area contributed by atoms with Crippen LogP contribution in [0, 0.1) is 11.6 Å². The van der Waals surface area contributed by atoms with Crippen molar-refractivity contribution in [2.75, 3.05) is 6.54 Å². The van der Waals surface area contributed by atoms with Crippen LogP contribution < -0.4 is 0 Å². The zero-order valence-electron chi connectivity index (χ0n) is 15.7. The molecule has 0 fully saturated rings. The minimum atomic E-state index is -0.448. The summed E-state index contributed by atoms with van der Waals surface area (Å²) in [5.41, 5.74) is 0.948. The van der Waals surface area contributed by atoms with Gasteiger partial charge >= 0.3 is 0 Å². The first kappa shape index (κ1) is 19.7. The summed E-state index contributed by atoms with van der Waals surface area (Å²) in [5, 5.41) is 3.91. The predicted molar refractivity (Wildman–Crippen MR) is 101 cm³/mol. The molecule has 0 saturated heterocycles. The molecule has 0 spiro atoms. The number of halogens is 2. The van der Waals surface area contributed by atoms with Crippen molar-refractivity contribution >= 4 is 5.91 Å². The van der Waals surface area contributed by atoms with Gasteiger partial charge < -0.3 is 9.42 Å². The monoisotopic (exact) mass is 385 g/mol. The molecule has 2 aromatic carbocycles. The highest BCUT2D eigenvalue weighted by atomic mass is 19.1. The normalized spacial score (nSPS) is 12.0. The number of nitrogens with zero attached hydrogens (tertiary/aromatic N) is 3. The predicted octanol–water partition coefficient (Wildman–Crippen LogP) is 4.50. The second-order valence-electron chi connectivity index (χ2n) is 6.53. The van der Waals surface area contributed by atoms with Crippen LogP contribution in [0.1, 0.15) is 36.5 Å². The van der Waals surface area contributed by atoms with E-state index in [2.05, 4.69) is 10.1 Å². The Hall–Kier alpha value is -3.09. The summed E-state index contributed by atoms with van der Waals surface area (Å²) >= 11 is 0. The molecule has 0 aliphatic rings. The third kappa shape index (κ3) is 4.60. The summed E-state index contributed by atoms with van der Waals surface area (Å²) in [6.07, 6.45) is 1.12. The zero-order valence-corrected chi connectivity index (χ0v) is 15.7. The van der Waals surface area contributed by atoms with E-state index in [0.29, 0.717) is 35.8 Å². The molecule has 146 valence electrons. The van der Waals surface area contributed by atoms with Crippen LogP contribution in [0.25, 0.3) is 11.4 Å². The number of hydrogen-bond acceptors (Lipinski definition) is 4. The Balaban J connectivity index is 1.72. The van der Waals surface area contributed by atoms with Gasteiger partial charge in [-0.15, -0.1) is 0 Å². The van der Waals surface area contributed by atoms with Crippen LogP contribution in [-0.4, -0.2) is 33.5 Å². The van der Waals surface area contributed by atoms with Crippen molar-refractivity contribution in [2.24, 2.45) is 0 Å². The van der Waals surface area contributed by atoms with Crippen molar-refractivity contribution in [2.45, 2.75) is 32.7 Å². The topological polar surface area (TPSA) is 59.2 Å². The fourth-order valence-corrected chi connectivity index (χ4v) is 2.82. The molecular formula is C21H21F2N3O2. The van der Waals surface area contributed by atoms with Crippen molar-refractivity contribution in [3.63, 3.8) is 0 Å². The van der Waals surface area contributed by atoms with E-state index in [-0.39, 0.29) is 17.8 Å². The Kier molecular flexibility index (Phi) is 6.13. The summed E-state index contributed by atoms with van der Waals surface area (Å²) in [4.78, 5) is 18.8. The molecule has 0 N–H and O–H groups in total. The highest BCUT2D eigenvalue weighted by molar-refractivity contribution is 5.94. The number of rotatable bonds is 7. The van der Waals surface area contributed by atoms with E-state index in [1.54, 1.807) is 23.1 Å². The zero-order chi connectivity index (χ0) is 20.1. The number of amides is 1. The Morgan fingerprint density at radius 3 is 2.57 bits per heavy atom. The summed E-state index contributed by atoms with van der Waals surface area (Å²) in [6, 6.07) is 11.4. The summed E-state index contributed by atoms with van der Waals surface area (Å²) in [6.45, 7) is 4.28. The van der Waals surface area contributed by atoms with Crippen LogP contribution >= 0.6 is 0 Å². The second kappa shape index (κ2) is 8.73. The van der Waals surface area contributed by atoms with Crippen molar-refractivity contribution in [1.29, 1.82) is 0 Å². The Bertz CT molecular complexity index is 941. The van der Waals surface area contributed by atoms with Crippen LogP contribution in [0.3, 0.4) is 0 Å². The molecular weight excluding hydrogens is 364 g/mol. The fourth-order valence-electron chi connectivity index (χ4n) is 2.82. The number of benzene rings is 2.